The van der Waals surface area contributed by atoms with Crippen LogP contribution in [0.25, 0.3) is 22.2 Å². The van der Waals surface area contributed by atoms with E-state index in [1.807, 2.05) is 53.4 Å². The lowest BCUT2D eigenvalue weighted by Crippen LogP contribution is -2.35. The number of benzene rings is 2. The molecule has 0 unspecified atom stereocenters. The molecule has 2 aromatic heterocycles. The molecule has 27 heavy (non-hydrogen) atoms. The Bertz CT molecular complexity index is 1150. The summed E-state index contributed by atoms with van der Waals surface area (Å²) in [7, 11) is 0. The van der Waals surface area contributed by atoms with Crippen molar-refractivity contribution < 1.29 is 9.32 Å². The fraction of sp³-hybridized carbons (Fsp3) is 0.143. The number of carbonyl (C=O) groups is 1. The Morgan fingerprint density at radius 1 is 1.15 bits per heavy atom. The van der Waals surface area contributed by atoms with Crippen LogP contribution in [0.4, 0.5) is 0 Å². The first-order chi connectivity index (χ1) is 13.2. The molecular weight excluding hydrogens is 362 g/mol. The third-order valence-electron chi connectivity index (χ3n) is 5.01. The van der Waals surface area contributed by atoms with Gasteiger partial charge in [-0.05, 0) is 18.2 Å². The first-order valence-corrected chi connectivity index (χ1v) is 9.17. The highest BCUT2D eigenvalue weighted by Crippen LogP contribution is 2.30. The maximum absolute atomic E-state index is 12.9. The van der Waals surface area contributed by atoms with Crippen molar-refractivity contribution in [3.8, 4) is 11.3 Å². The van der Waals surface area contributed by atoms with E-state index in [9.17, 15) is 4.79 Å². The number of nitrogens with one attached hydrogen (secondary N) is 1. The van der Waals surface area contributed by atoms with Gasteiger partial charge in [0.1, 0.15) is 0 Å². The predicted molar refractivity (Wildman–Crippen MR) is 104 cm³/mol. The third-order valence-corrected chi connectivity index (χ3v) is 5.25. The molecule has 0 aliphatic carbocycles. The summed E-state index contributed by atoms with van der Waals surface area (Å²) in [4.78, 5) is 18.2. The first kappa shape index (κ1) is 16.1. The second-order valence-corrected chi connectivity index (χ2v) is 7.13. The summed E-state index contributed by atoms with van der Waals surface area (Å²) in [5.41, 5.74) is 4.57. The molecule has 0 saturated heterocycles. The molecule has 134 valence electrons. The van der Waals surface area contributed by atoms with Gasteiger partial charge in [-0.15, -0.1) is 0 Å². The number of H-pyrrole nitrogens is 1. The molecular formula is C21H16ClN3O2. The number of rotatable bonds is 2. The van der Waals surface area contributed by atoms with Gasteiger partial charge in [0, 0.05) is 58.3 Å². The van der Waals surface area contributed by atoms with Crippen molar-refractivity contribution in [2.75, 3.05) is 6.54 Å². The third kappa shape index (κ3) is 2.80. The molecule has 0 fully saturated rings. The molecule has 6 heteroatoms. The largest absolute Gasteiger partial charge is 0.358 e. The normalized spacial score (nSPS) is 13.7. The quantitative estimate of drug-likeness (QED) is 0.552. The van der Waals surface area contributed by atoms with E-state index in [0.717, 1.165) is 28.5 Å². The zero-order valence-corrected chi connectivity index (χ0v) is 15.2. The first-order valence-electron chi connectivity index (χ1n) is 8.79. The van der Waals surface area contributed by atoms with Gasteiger partial charge in [-0.3, -0.25) is 4.79 Å². The Kier molecular flexibility index (Phi) is 3.76. The fourth-order valence-electron chi connectivity index (χ4n) is 3.64. The average molecular weight is 378 g/mol. The van der Waals surface area contributed by atoms with Crippen LogP contribution in [0.15, 0.2) is 59.1 Å². The lowest BCUT2D eigenvalue weighted by atomic mass is 10.0. The second-order valence-electron chi connectivity index (χ2n) is 6.69. The number of carbonyl (C=O) groups excluding carboxylic acids is 1. The van der Waals surface area contributed by atoms with E-state index < -0.39 is 0 Å². The van der Waals surface area contributed by atoms with Crippen LogP contribution in [-0.2, 0) is 13.0 Å². The van der Waals surface area contributed by atoms with Crippen LogP contribution in [0.3, 0.4) is 0 Å². The monoisotopic (exact) mass is 377 g/mol. The Balaban J connectivity index is 1.43. The molecule has 0 atom stereocenters. The Morgan fingerprint density at radius 3 is 2.85 bits per heavy atom. The van der Waals surface area contributed by atoms with Gasteiger partial charge in [-0.1, -0.05) is 47.1 Å². The van der Waals surface area contributed by atoms with Gasteiger partial charge in [-0.2, -0.15) is 0 Å². The van der Waals surface area contributed by atoms with Crippen molar-refractivity contribution in [3.05, 3.63) is 76.6 Å². The Hall–Kier alpha value is -3.05. The molecule has 0 bridgehead atoms. The summed E-state index contributed by atoms with van der Waals surface area (Å²) < 4.78 is 5.38. The fourth-order valence-corrected chi connectivity index (χ4v) is 3.81. The number of amides is 1. The highest BCUT2D eigenvalue weighted by Gasteiger charge is 2.27. The van der Waals surface area contributed by atoms with Gasteiger partial charge in [0.15, 0.2) is 11.5 Å². The molecule has 1 aliphatic heterocycles. The van der Waals surface area contributed by atoms with Crippen molar-refractivity contribution in [2.45, 2.75) is 13.0 Å². The van der Waals surface area contributed by atoms with Crippen LogP contribution >= 0.6 is 11.6 Å². The van der Waals surface area contributed by atoms with Crippen molar-refractivity contribution in [3.63, 3.8) is 0 Å². The van der Waals surface area contributed by atoms with E-state index in [1.165, 1.54) is 5.69 Å². The van der Waals surface area contributed by atoms with Crippen molar-refractivity contribution >= 4 is 28.4 Å². The zero-order chi connectivity index (χ0) is 18.4. The molecule has 1 amide bonds. The molecule has 1 N–H and O–H groups in total. The van der Waals surface area contributed by atoms with Crippen LogP contribution in [0, 0.1) is 0 Å². The van der Waals surface area contributed by atoms with Gasteiger partial charge in [0.2, 0.25) is 0 Å². The number of halogens is 1. The molecule has 0 radical (unpaired) electrons. The summed E-state index contributed by atoms with van der Waals surface area (Å²) in [6.07, 6.45) is 0.775. The molecule has 0 spiro atoms. The van der Waals surface area contributed by atoms with Crippen LogP contribution in [-0.4, -0.2) is 27.5 Å². The van der Waals surface area contributed by atoms with E-state index in [-0.39, 0.29) is 5.91 Å². The van der Waals surface area contributed by atoms with Crippen LogP contribution in [0.2, 0.25) is 5.02 Å². The van der Waals surface area contributed by atoms with E-state index in [0.29, 0.717) is 29.6 Å². The predicted octanol–water partition coefficient (Wildman–Crippen LogP) is 4.67. The van der Waals surface area contributed by atoms with Crippen LogP contribution < -0.4 is 0 Å². The second kappa shape index (κ2) is 6.28. The van der Waals surface area contributed by atoms with Gasteiger partial charge < -0.3 is 14.4 Å². The Labute approximate surface area is 160 Å². The minimum absolute atomic E-state index is 0.122. The summed E-state index contributed by atoms with van der Waals surface area (Å²) in [5.74, 6) is 0.471. The molecule has 0 saturated carbocycles. The van der Waals surface area contributed by atoms with Crippen LogP contribution in [0.1, 0.15) is 21.7 Å². The van der Waals surface area contributed by atoms with Crippen molar-refractivity contribution in [1.82, 2.24) is 15.0 Å². The molecule has 2 aromatic carbocycles. The van der Waals surface area contributed by atoms with Gasteiger partial charge in [0.05, 0.1) is 0 Å². The van der Waals surface area contributed by atoms with E-state index in [4.69, 9.17) is 16.1 Å². The highest BCUT2D eigenvalue weighted by molar-refractivity contribution is 6.31. The van der Waals surface area contributed by atoms with E-state index in [1.54, 1.807) is 6.07 Å². The lowest BCUT2D eigenvalue weighted by Gasteiger charge is -2.26. The number of hydrogen-bond acceptors (Lipinski definition) is 3. The van der Waals surface area contributed by atoms with Gasteiger partial charge in [0.25, 0.3) is 5.91 Å². The summed E-state index contributed by atoms with van der Waals surface area (Å²) in [6, 6.07) is 17.1. The SMILES string of the molecule is O=C(c1cc(-c2ccccc2)on1)N1CCc2[nH]c3ccc(Cl)cc3c2C1. The highest BCUT2D eigenvalue weighted by atomic mass is 35.5. The van der Waals surface area contributed by atoms with E-state index >= 15 is 0 Å². The minimum Gasteiger partial charge on any atom is -0.358 e. The number of nitrogens with zero attached hydrogens (tertiary/aromatic N) is 2. The summed E-state index contributed by atoms with van der Waals surface area (Å²) in [5, 5.41) is 5.75. The molecule has 5 rings (SSSR count). The molecule has 1 aliphatic rings. The maximum atomic E-state index is 12.9. The number of fused-ring (bicyclic) bond motifs is 3. The summed E-state index contributed by atoms with van der Waals surface area (Å²) >= 11 is 6.16. The topological polar surface area (TPSA) is 62.1 Å². The smallest absolute Gasteiger partial charge is 0.276 e. The lowest BCUT2D eigenvalue weighted by molar-refractivity contribution is 0.0724. The molecule has 3 heterocycles. The zero-order valence-electron chi connectivity index (χ0n) is 14.4. The van der Waals surface area contributed by atoms with Crippen LogP contribution in [0.5, 0.6) is 0 Å². The Morgan fingerprint density at radius 2 is 2.00 bits per heavy atom. The maximum Gasteiger partial charge on any atom is 0.276 e. The number of hydrogen-bond donors (Lipinski definition) is 1. The van der Waals surface area contributed by atoms with Crippen molar-refractivity contribution in [1.29, 1.82) is 0 Å². The van der Waals surface area contributed by atoms with Gasteiger partial charge in [-0.25, -0.2) is 0 Å². The van der Waals surface area contributed by atoms with Crippen molar-refractivity contribution in [2.24, 2.45) is 0 Å². The van der Waals surface area contributed by atoms with Gasteiger partial charge >= 0.3 is 0 Å². The average Bonchev–Trinajstić information content (AvgIpc) is 3.33. The summed E-state index contributed by atoms with van der Waals surface area (Å²) in [6.45, 7) is 1.17. The number of aromatic nitrogens is 2. The molecule has 5 nitrogen and oxygen atoms in total. The number of aromatic amines is 1. The molecule has 4 aromatic rings. The van der Waals surface area contributed by atoms with E-state index in [2.05, 4.69) is 10.1 Å². The standard InChI is InChI=1S/C21H16ClN3O2/c22-14-6-7-17-15(10-14)16-12-25(9-8-18(16)23-17)21(26)19-11-20(27-24-19)13-4-2-1-3-5-13/h1-7,10-11,23H,8-9,12H2. The minimum atomic E-state index is -0.122.